The molecule has 0 saturated heterocycles. The highest BCUT2D eigenvalue weighted by Gasteiger charge is 2.41. The molecule has 146 valence electrons. The number of carbonyl (C=O) groups excluding carboxylic acids is 2. The average Bonchev–Trinajstić information content (AvgIpc) is 3.15. The predicted molar refractivity (Wildman–Crippen MR) is 114 cm³/mol. The maximum atomic E-state index is 12.0. The van der Waals surface area contributed by atoms with Crippen LogP contribution in [0.15, 0.2) is 54.7 Å². The molecule has 2 amide bonds. The number of para-hydroxylation sites is 1. The summed E-state index contributed by atoms with van der Waals surface area (Å²) in [7, 11) is 0. The van der Waals surface area contributed by atoms with Crippen LogP contribution >= 0.6 is 0 Å². The van der Waals surface area contributed by atoms with E-state index in [1.807, 2.05) is 20.8 Å². The molecule has 0 saturated carbocycles. The van der Waals surface area contributed by atoms with Gasteiger partial charge in [-0.3, -0.25) is 14.5 Å². The molecule has 0 aliphatic carbocycles. The van der Waals surface area contributed by atoms with E-state index in [2.05, 4.69) is 56.2 Å². The molecule has 1 aromatic heterocycles. The molecule has 0 fully saturated rings. The van der Waals surface area contributed by atoms with Gasteiger partial charge in [0.05, 0.1) is 11.1 Å². The van der Waals surface area contributed by atoms with Crippen LogP contribution < -0.4 is 0 Å². The maximum absolute atomic E-state index is 12.0. The van der Waals surface area contributed by atoms with Crippen molar-refractivity contribution in [1.29, 1.82) is 0 Å². The Bertz CT molecular complexity index is 997. The maximum Gasteiger partial charge on any atom is 0.262 e. The third kappa shape index (κ3) is 3.59. The van der Waals surface area contributed by atoms with Crippen molar-refractivity contribution in [3.63, 3.8) is 0 Å². The number of nitrogens with zero attached hydrogens (tertiary/aromatic N) is 1. The zero-order valence-corrected chi connectivity index (χ0v) is 17.5. The Morgan fingerprint density at radius 3 is 1.75 bits per heavy atom. The van der Waals surface area contributed by atoms with E-state index in [0.29, 0.717) is 11.1 Å². The number of aromatic nitrogens is 1. The van der Waals surface area contributed by atoms with Crippen molar-refractivity contribution < 1.29 is 9.59 Å². The number of imide groups is 1. The van der Waals surface area contributed by atoms with Gasteiger partial charge in [0, 0.05) is 22.6 Å². The van der Waals surface area contributed by atoms with Crippen LogP contribution in [0.4, 0.5) is 0 Å². The van der Waals surface area contributed by atoms with Crippen molar-refractivity contribution in [2.45, 2.75) is 52.5 Å². The lowest BCUT2D eigenvalue weighted by molar-refractivity contribution is 0.0508. The third-order valence-electron chi connectivity index (χ3n) is 4.86. The number of carbonyl (C=O) groups is 2. The summed E-state index contributed by atoms with van der Waals surface area (Å²) in [5, 5.41) is 1.34. The standard InChI is InChI=1S/C12H13NO2.C12H15N/c1-12(2,3)13-10(14)8-6-4-5-7-9(8)11(13)15;1-12(2,3)10-8-13-11-7-5-4-6-9(10)11/h4-7H,1-3H3;4-8,13H,1-3H3. The first kappa shape index (κ1) is 19.9. The first-order chi connectivity index (χ1) is 13.0. The van der Waals surface area contributed by atoms with Gasteiger partial charge in [0.2, 0.25) is 0 Å². The molecule has 0 radical (unpaired) electrons. The highest BCUT2D eigenvalue weighted by atomic mass is 16.2. The lowest BCUT2D eigenvalue weighted by Gasteiger charge is -2.29. The number of H-pyrrole nitrogens is 1. The van der Waals surface area contributed by atoms with Crippen molar-refractivity contribution in [3.05, 3.63) is 71.4 Å². The summed E-state index contributed by atoms with van der Waals surface area (Å²) >= 11 is 0. The minimum absolute atomic E-state index is 0.192. The SMILES string of the molecule is CC(C)(C)N1C(=O)c2ccccc2C1=O.CC(C)(C)c1c[nH]c2ccccc12. The molecular formula is C24H28N2O2. The Morgan fingerprint density at radius 1 is 0.750 bits per heavy atom. The smallest absolute Gasteiger partial charge is 0.262 e. The quantitative estimate of drug-likeness (QED) is 0.523. The first-order valence-corrected chi connectivity index (χ1v) is 9.56. The predicted octanol–water partition coefficient (Wildman–Crippen LogP) is 5.55. The molecule has 1 N–H and O–H groups in total. The first-order valence-electron chi connectivity index (χ1n) is 9.56. The fourth-order valence-electron chi connectivity index (χ4n) is 3.49. The summed E-state index contributed by atoms with van der Waals surface area (Å²) in [4.78, 5) is 28.5. The van der Waals surface area contributed by atoms with Crippen molar-refractivity contribution in [2.75, 3.05) is 0 Å². The molecule has 0 unspecified atom stereocenters. The Labute approximate surface area is 166 Å². The highest BCUT2D eigenvalue weighted by molar-refractivity contribution is 6.21. The van der Waals surface area contributed by atoms with Gasteiger partial charge < -0.3 is 4.98 Å². The van der Waals surface area contributed by atoms with E-state index in [1.54, 1.807) is 24.3 Å². The van der Waals surface area contributed by atoms with Crippen molar-refractivity contribution in [2.24, 2.45) is 0 Å². The lowest BCUT2D eigenvalue weighted by atomic mass is 9.87. The number of hydrogen-bond acceptors (Lipinski definition) is 2. The number of benzene rings is 2. The summed E-state index contributed by atoms with van der Waals surface area (Å²) in [6.07, 6.45) is 2.12. The Morgan fingerprint density at radius 2 is 1.25 bits per heavy atom. The van der Waals surface area contributed by atoms with Gasteiger partial charge in [0.15, 0.2) is 0 Å². The van der Waals surface area contributed by atoms with Crippen LogP contribution in [-0.2, 0) is 5.41 Å². The number of aromatic amines is 1. The molecule has 1 aliphatic rings. The molecule has 28 heavy (non-hydrogen) atoms. The molecule has 0 bridgehead atoms. The fourth-order valence-corrected chi connectivity index (χ4v) is 3.49. The van der Waals surface area contributed by atoms with Gasteiger partial charge in [-0.2, -0.15) is 0 Å². The van der Waals surface area contributed by atoms with Gasteiger partial charge in [-0.15, -0.1) is 0 Å². The number of rotatable bonds is 0. The fraction of sp³-hybridized carbons (Fsp3) is 0.333. The van der Waals surface area contributed by atoms with Gasteiger partial charge in [-0.05, 0) is 49.9 Å². The second-order valence-electron chi connectivity index (χ2n) is 9.16. The second-order valence-corrected chi connectivity index (χ2v) is 9.16. The molecule has 4 rings (SSSR count). The van der Waals surface area contributed by atoms with E-state index in [-0.39, 0.29) is 17.2 Å². The Hall–Kier alpha value is -2.88. The van der Waals surface area contributed by atoms with Gasteiger partial charge in [0.1, 0.15) is 0 Å². The van der Waals surface area contributed by atoms with Crippen LogP contribution in [0.5, 0.6) is 0 Å². The van der Waals surface area contributed by atoms with Crippen LogP contribution in [0.1, 0.15) is 67.8 Å². The number of amides is 2. The van der Waals surface area contributed by atoms with Gasteiger partial charge in [0.25, 0.3) is 11.8 Å². The zero-order chi connectivity index (χ0) is 20.7. The molecular weight excluding hydrogens is 348 g/mol. The van der Waals surface area contributed by atoms with Crippen LogP contribution in [0.25, 0.3) is 10.9 Å². The van der Waals surface area contributed by atoms with E-state index in [1.165, 1.54) is 21.4 Å². The molecule has 2 heterocycles. The highest BCUT2D eigenvalue weighted by Crippen LogP contribution is 2.30. The van der Waals surface area contributed by atoms with Gasteiger partial charge >= 0.3 is 0 Å². The van der Waals surface area contributed by atoms with Gasteiger partial charge in [-0.1, -0.05) is 51.1 Å². The van der Waals surface area contributed by atoms with Crippen LogP contribution in [-0.4, -0.2) is 27.2 Å². The van der Waals surface area contributed by atoms with E-state index < -0.39 is 5.54 Å². The third-order valence-corrected chi connectivity index (χ3v) is 4.86. The van der Waals surface area contributed by atoms with E-state index >= 15 is 0 Å². The summed E-state index contributed by atoms with van der Waals surface area (Å²) in [5.74, 6) is -0.383. The number of nitrogens with one attached hydrogen (secondary N) is 1. The summed E-state index contributed by atoms with van der Waals surface area (Å²) in [6.45, 7) is 12.3. The van der Waals surface area contributed by atoms with Crippen molar-refractivity contribution in [3.8, 4) is 0 Å². The summed E-state index contributed by atoms with van der Waals surface area (Å²) in [6, 6.07) is 15.4. The topological polar surface area (TPSA) is 53.2 Å². The molecule has 0 spiro atoms. The largest absolute Gasteiger partial charge is 0.361 e. The summed E-state index contributed by atoms with van der Waals surface area (Å²) in [5.41, 5.74) is 3.40. The van der Waals surface area contributed by atoms with E-state index in [4.69, 9.17) is 0 Å². The molecule has 4 nitrogen and oxygen atoms in total. The monoisotopic (exact) mass is 376 g/mol. The molecule has 0 atom stereocenters. The van der Waals surface area contributed by atoms with Crippen LogP contribution in [0.2, 0.25) is 0 Å². The number of hydrogen-bond donors (Lipinski definition) is 1. The van der Waals surface area contributed by atoms with E-state index in [9.17, 15) is 9.59 Å². The lowest BCUT2D eigenvalue weighted by Crippen LogP contribution is -2.45. The Kier molecular flexibility index (Phi) is 4.92. The molecule has 2 aromatic carbocycles. The minimum atomic E-state index is -0.465. The molecule has 3 aromatic rings. The van der Waals surface area contributed by atoms with E-state index in [0.717, 1.165) is 0 Å². The Balaban J connectivity index is 0.000000162. The zero-order valence-electron chi connectivity index (χ0n) is 17.5. The van der Waals surface area contributed by atoms with Crippen molar-refractivity contribution in [1.82, 2.24) is 9.88 Å². The van der Waals surface area contributed by atoms with Gasteiger partial charge in [-0.25, -0.2) is 0 Å². The van der Waals surface area contributed by atoms with Crippen molar-refractivity contribution >= 4 is 22.7 Å². The average molecular weight is 377 g/mol. The molecule has 1 aliphatic heterocycles. The minimum Gasteiger partial charge on any atom is -0.361 e. The summed E-state index contributed by atoms with van der Waals surface area (Å²) < 4.78 is 0. The molecule has 4 heteroatoms. The van der Waals surface area contributed by atoms with Crippen LogP contribution in [0, 0.1) is 0 Å². The second kappa shape index (κ2) is 6.93. The number of fused-ring (bicyclic) bond motifs is 2. The normalized spacial score (nSPS) is 14.1. The van der Waals surface area contributed by atoms with Crippen LogP contribution in [0.3, 0.4) is 0 Å².